The lowest BCUT2D eigenvalue weighted by molar-refractivity contribution is 0.309. The second kappa shape index (κ2) is 6.98. The first-order chi connectivity index (χ1) is 9.33. The maximum atomic E-state index is 5.75. The molecule has 0 amide bonds. The minimum atomic E-state index is 0.800. The van der Waals surface area contributed by atoms with Crippen LogP contribution in [0.25, 0.3) is 11.1 Å². The largest absolute Gasteiger partial charge is 0.494 e. The molecule has 0 aliphatic carbocycles. The summed E-state index contributed by atoms with van der Waals surface area (Å²) in [5.74, 6) is 0.963. The quantitative estimate of drug-likeness (QED) is 0.652. The number of hydrogen-bond acceptors (Lipinski definition) is 1. The van der Waals surface area contributed by atoms with E-state index < -0.39 is 0 Å². The molecule has 0 atom stereocenters. The smallest absolute Gasteiger partial charge is 0.119 e. The van der Waals surface area contributed by atoms with E-state index in [1.54, 1.807) is 0 Å². The molecule has 0 heterocycles. The van der Waals surface area contributed by atoms with Crippen LogP contribution in [0.1, 0.15) is 32.3 Å². The van der Waals surface area contributed by atoms with Crippen molar-refractivity contribution in [3.05, 3.63) is 54.1 Å². The van der Waals surface area contributed by atoms with Gasteiger partial charge in [0.05, 0.1) is 6.61 Å². The van der Waals surface area contributed by atoms with Crippen molar-refractivity contribution in [2.75, 3.05) is 6.61 Å². The molecule has 19 heavy (non-hydrogen) atoms. The lowest BCUT2D eigenvalue weighted by Crippen LogP contribution is -1.96. The Bertz CT molecular complexity index is 499. The molecule has 0 saturated carbocycles. The zero-order valence-electron chi connectivity index (χ0n) is 11.9. The van der Waals surface area contributed by atoms with Crippen LogP contribution in [0.4, 0.5) is 0 Å². The Balaban J connectivity index is 2.12. The van der Waals surface area contributed by atoms with E-state index in [2.05, 4.69) is 56.3 Å². The fourth-order valence-electron chi connectivity index (χ4n) is 2.03. The highest BCUT2D eigenvalue weighted by atomic mass is 16.5. The molecule has 0 radical (unpaired) electrons. The third kappa shape index (κ3) is 3.85. The van der Waals surface area contributed by atoms with Crippen molar-refractivity contribution in [2.45, 2.75) is 33.1 Å². The van der Waals surface area contributed by atoms with Gasteiger partial charge < -0.3 is 4.74 Å². The van der Waals surface area contributed by atoms with Crippen LogP contribution < -0.4 is 4.74 Å². The van der Waals surface area contributed by atoms with Gasteiger partial charge in [0.1, 0.15) is 5.75 Å². The molecular weight excluding hydrogens is 232 g/mol. The van der Waals surface area contributed by atoms with E-state index in [-0.39, 0.29) is 0 Å². The molecule has 0 unspecified atom stereocenters. The van der Waals surface area contributed by atoms with Crippen molar-refractivity contribution in [3.63, 3.8) is 0 Å². The number of benzene rings is 2. The van der Waals surface area contributed by atoms with Crippen molar-refractivity contribution in [1.29, 1.82) is 0 Å². The average molecular weight is 254 g/mol. The van der Waals surface area contributed by atoms with Crippen molar-refractivity contribution in [3.8, 4) is 16.9 Å². The molecule has 0 aromatic heterocycles. The first-order valence-electron chi connectivity index (χ1n) is 7.15. The summed E-state index contributed by atoms with van der Waals surface area (Å²) >= 11 is 0. The van der Waals surface area contributed by atoms with Gasteiger partial charge in [-0.2, -0.15) is 0 Å². The van der Waals surface area contributed by atoms with Gasteiger partial charge in [0, 0.05) is 0 Å². The topological polar surface area (TPSA) is 9.23 Å². The van der Waals surface area contributed by atoms with E-state index in [9.17, 15) is 0 Å². The molecule has 1 heteroatoms. The zero-order chi connectivity index (χ0) is 13.5. The van der Waals surface area contributed by atoms with Gasteiger partial charge in [0.15, 0.2) is 0 Å². The van der Waals surface area contributed by atoms with E-state index in [4.69, 9.17) is 4.74 Å². The van der Waals surface area contributed by atoms with E-state index >= 15 is 0 Å². The predicted octanol–water partition coefficient (Wildman–Crippen LogP) is 5.09. The Hall–Kier alpha value is -1.76. The molecule has 0 bridgehead atoms. The van der Waals surface area contributed by atoms with Gasteiger partial charge in [-0.1, -0.05) is 56.7 Å². The lowest BCUT2D eigenvalue weighted by atomic mass is 10.0. The molecule has 0 spiro atoms. The third-order valence-electron chi connectivity index (χ3n) is 3.30. The molecule has 0 saturated heterocycles. The van der Waals surface area contributed by atoms with Crippen LogP contribution in [0, 0.1) is 0 Å². The first kappa shape index (κ1) is 13.7. The summed E-state index contributed by atoms with van der Waals surface area (Å²) in [7, 11) is 0. The number of aryl methyl sites for hydroxylation is 1. The van der Waals surface area contributed by atoms with Crippen LogP contribution in [-0.2, 0) is 6.42 Å². The molecular formula is C18H22O. The fraction of sp³-hybridized carbons (Fsp3) is 0.333. The predicted molar refractivity (Wildman–Crippen MR) is 81.7 cm³/mol. The van der Waals surface area contributed by atoms with Crippen LogP contribution in [-0.4, -0.2) is 6.61 Å². The van der Waals surface area contributed by atoms with Crippen LogP contribution >= 0.6 is 0 Å². The number of hydrogen-bond donors (Lipinski definition) is 0. The second-order valence-electron chi connectivity index (χ2n) is 4.78. The van der Waals surface area contributed by atoms with Crippen molar-refractivity contribution >= 4 is 0 Å². The van der Waals surface area contributed by atoms with E-state index in [0.29, 0.717) is 0 Å². The number of unbranched alkanes of at least 4 members (excludes halogenated alkanes) is 1. The summed E-state index contributed by atoms with van der Waals surface area (Å²) in [6, 6.07) is 17.1. The molecule has 0 N–H and O–H groups in total. The maximum Gasteiger partial charge on any atom is 0.119 e. The molecule has 2 aromatic carbocycles. The van der Waals surface area contributed by atoms with Crippen LogP contribution in [0.15, 0.2) is 48.5 Å². The molecule has 2 rings (SSSR count). The van der Waals surface area contributed by atoms with E-state index in [1.165, 1.54) is 16.7 Å². The monoisotopic (exact) mass is 254 g/mol. The van der Waals surface area contributed by atoms with E-state index in [0.717, 1.165) is 31.6 Å². The van der Waals surface area contributed by atoms with Gasteiger partial charge in [-0.25, -0.2) is 0 Å². The Kier molecular flexibility index (Phi) is 5.02. The van der Waals surface area contributed by atoms with Gasteiger partial charge in [-0.15, -0.1) is 0 Å². The fourth-order valence-corrected chi connectivity index (χ4v) is 2.03. The van der Waals surface area contributed by atoms with Crippen LogP contribution in [0.5, 0.6) is 5.75 Å². The Labute approximate surface area is 116 Å². The van der Waals surface area contributed by atoms with Gasteiger partial charge in [0.25, 0.3) is 0 Å². The summed E-state index contributed by atoms with van der Waals surface area (Å²) in [5, 5.41) is 0. The maximum absolute atomic E-state index is 5.75. The van der Waals surface area contributed by atoms with Crippen LogP contribution in [0.2, 0.25) is 0 Å². The summed E-state index contributed by atoms with van der Waals surface area (Å²) < 4.78 is 5.75. The molecule has 0 aliphatic rings. The highest BCUT2D eigenvalue weighted by molar-refractivity contribution is 5.65. The van der Waals surface area contributed by atoms with Gasteiger partial charge >= 0.3 is 0 Å². The van der Waals surface area contributed by atoms with E-state index in [1.807, 2.05) is 6.07 Å². The highest BCUT2D eigenvalue weighted by Gasteiger charge is 2.00. The molecule has 2 aromatic rings. The van der Waals surface area contributed by atoms with Crippen LogP contribution in [0.3, 0.4) is 0 Å². The van der Waals surface area contributed by atoms with Gasteiger partial charge in [-0.3, -0.25) is 0 Å². The highest BCUT2D eigenvalue weighted by Crippen LogP contribution is 2.24. The summed E-state index contributed by atoms with van der Waals surface area (Å²) in [4.78, 5) is 0. The Morgan fingerprint density at radius 2 is 1.68 bits per heavy atom. The SMILES string of the molecule is CCCCOc1cccc(-c2ccc(CC)cc2)c1. The normalized spacial score (nSPS) is 10.4. The first-order valence-corrected chi connectivity index (χ1v) is 7.15. The van der Waals surface area contributed by atoms with Crippen molar-refractivity contribution in [1.82, 2.24) is 0 Å². The van der Waals surface area contributed by atoms with Crippen molar-refractivity contribution in [2.24, 2.45) is 0 Å². The van der Waals surface area contributed by atoms with Crippen molar-refractivity contribution < 1.29 is 4.74 Å². The third-order valence-corrected chi connectivity index (χ3v) is 3.30. The van der Waals surface area contributed by atoms with Gasteiger partial charge in [-0.05, 0) is 41.7 Å². The number of ether oxygens (including phenoxy) is 1. The summed E-state index contributed by atoms with van der Waals surface area (Å²) in [5.41, 5.74) is 3.84. The lowest BCUT2D eigenvalue weighted by Gasteiger charge is -2.08. The minimum Gasteiger partial charge on any atom is -0.494 e. The number of rotatable bonds is 6. The molecule has 1 nitrogen and oxygen atoms in total. The molecule has 0 fully saturated rings. The minimum absolute atomic E-state index is 0.800. The Morgan fingerprint density at radius 1 is 0.895 bits per heavy atom. The molecule has 0 aliphatic heterocycles. The Morgan fingerprint density at radius 3 is 2.37 bits per heavy atom. The summed E-state index contributed by atoms with van der Waals surface area (Å²) in [6.45, 7) is 5.15. The zero-order valence-corrected chi connectivity index (χ0v) is 11.9. The summed E-state index contributed by atoms with van der Waals surface area (Å²) in [6.07, 6.45) is 3.36. The standard InChI is InChI=1S/C18H22O/c1-3-5-13-19-18-8-6-7-17(14-18)16-11-9-15(4-2)10-12-16/h6-12,14H,3-5,13H2,1-2H3. The van der Waals surface area contributed by atoms with Gasteiger partial charge in [0.2, 0.25) is 0 Å². The average Bonchev–Trinajstić information content (AvgIpc) is 2.48. The second-order valence-corrected chi connectivity index (χ2v) is 4.78. The molecule has 100 valence electrons.